The van der Waals surface area contributed by atoms with E-state index in [0.29, 0.717) is 25.7 Å². The molecule has 0 amide bonds. The van der Waals surface area contributed by atoms with Crippen molar-refractivity contribution in [2.45, 2.75) is 17.9 Å². The molecule has 0 aliphatic heterocycles. The Bertz CT molecular complexity index is 935. The predicted molar refractivity (Wildman–Crippen MR) is 135 cm³/mol. The molecule has 2 rings (SSSR count). The van der Waals surface area contributed by atoms with Gasteiger partial charge in [-0.1, -0.05) is 18.2 Å². The highest BCUT2D eigenvalue weighted by Gasteiger charge is 2.16. The van der Waals surface area contributed by atoms with E-state index in [-0.39, 0.29) is 28.9 Å². The van der Waals surface area contributed by atoms with Crippen LogP contribution in [0.2, 0.25) is 0 Å². The largest absolute Gasteiger partial charge is 0.493 e. The van der Waals surface area contributed by atoms with Crippen LogP contribution < -0.4 is 15.4 Å². The topological polar surface area (TPSA) is 92.3 Å². The van der Waals surface area contributed by atoms with Gasteiger partial charge in [0.05, 0.1) is 11.5 Å². The van der Waals surface area contributed by atoms with Gasteiger partial charge in [-0.25, -0.2) is 12.7 Å². The van der Waals surface area contributed by atoms with Gasteiger partial charge in [0, 0.05) is 59.6 Å². The molecule has 0 heterocycles. The average Bonchev–Trinajstić information content (AvgIpc) is 2.74. The summed E-state index contributed by atoms with van der Waals surface area (Å²) in [6.07, 6.45) is 0.825. The summed E-state index contributed by atoms with van der Waals surface area (Å²) in [7, 11) is 2.96. The van der Waals surface area contributed by atoms with Crippen molar-refractivity contribution >= 4 is 45.6 Å². The third-order valence-corrected chi connectivity index (χ3v) is 6.07. The Balaban J connectivity index is 0.00000480. The monoisotopic (exact) mass is 562 g/mol. The van der Waals surface area contributed by atoms with Gasteiger partial charge in [0.2, 0.25) is 10.0 Å². The number of aliphatic imine (C=N–C) groups is 1. The number of sulfonamides is 1. The van der Waals surface area contributed by atoms with Gasteiger partial charge in [-0.3, -0.25) is 4.99 Å². The van der Waals surface area contributed by atoms with Crippen LogP contribution in [-0.2, 0) is 21.3 Å². The second kappa shape index (κ2) is 13.5. The van der Waals surface area contributed by atoms with E-state index in [0.717, 1.165) is 23.4 Å². The molecule has 2 aromatic rings. The molecule has 2 aromatic carbocycles. The van der Waals surface area contributed by atoms with E-state index in [1.54, 1.807) is 38.4 Å². The zero-order valence-corrected chi connectivity index (χ0v) is 21.4. The summed E-state index contributed by atoms with van der Waals surface area (Å²) < 4.78 is 36.2. The fraction of sp³-hybridized carbons (Fsp3) is 0.381. The summed E-state index contributed by atoms with van der Waals surface area (Å²) >= 11 is 0. The maximum atomic E-state index is 12.1. The first-order valence-electron chi connectivity index (χ1n) is 9.57. The molecule has 0 saturated heterocycles. The fourth-order valence-electron chi connectivity index (χ4n) is 2.55. The Morgan fingerprint density at radius 3 is 2.42 bits per heavy atom. The van der Waals surface area contributed by atoms with Crippen molar-refractivity contribution < 1.29 is 17.9 Å². The molecule has 0 radical (unpaired) electrons. The summed E-state index contributed by atoms with van der Waals surface area (Å²) in [5, 5.41) is 6.44. The maximum absolute atomic E-state index is 12.1. The number of halogens is 1. The fourth-order valence-corrected chi connectivity index (χ4v) is 3.45. The highest BCUT2D eigenvalue weighted by molar-refractivity contribution is 14.0. The van der Waals surface area contributed by atoms with Crippen molar-refractivity contribution in [1.82, 2.24) is 9.62 Å². The highest BCUT2D eigenvalue weighted by atomic mass is 127. The van der Waals surface area contributed by atoms with Gasteiger partial charge in [0.1, 0.15) is 5.75 Å². The molecule has 0 aromatic heterocycles. The molecule has 0 bridgehead atoms. The van der Waals surface area contributed by atoms with Gasteiger partial charge in [0.15, 0.2) is 5.96 Å². The molecule has 8 nitrogen and oxygen atoms in total. The van der Waals surface area contributed by atoms with Gasteiger partial charge in [-0.2, -0.15) is 0 Å². The van der Waals surface area contributed by atoms with E-state index < -0.39 is 10.0 Å². The first-order chi connectivity index (χ1) is 14.4. The average molecular weight is 562 g/mol. The van der Waals surface area contributed by atoms with Crippen molar-refractivity contribution in [2.75, 3.05) is 46.8 Å². The lowest BCUT2D eigenvalue weighted by molar-refractivity contribution is 0.172. The van der Waals surface area contributed by atoms with Crippen molar-refractivity contribution in [1.29, 1.82) is 0 Å². The SMILES string of the molecule is CN=C(NCc1ccc(S(=O)(=O)N(C)C)cc1)Nc1cccc(OCCCOC)c1.I. The van der Waals surface area contributed by atoms with Crippen LogP contribution >= 0.6 is 24.0 Å². The lowest BCUT2D eigenvalue weighted by atomic mass is 10.2. The number of ether oxygens (including phenoxy) is 2. The standard InChI is InChI=1S/C21H30N4O4S.HI/c1-22-21(24-18-7-5-8-19(15-18)29-14-6-13-28-4)23-16-17-9-11-20(12-10-17)30(26,27)25(2)3;/h5,7-12,15H,6,13-14,16H2,1-4H3,(H2,22,23,24);1H. The second-order valence-corrected chi connectivity index (χ2v) is 8.86. The summed E-state index contributed by atoms with van der Waals surface area (Å²) in [4.78, 5) is 4.49. The Labute approximate surface area is 202 Å². The number of methoxy groups -OCH3 is 1. The van der Waals surface area contributed by atoms with E-state index in [4.69, 9.17) is 9.47 Å². The van der Waals surface area contributed by atoms with Crippen molar-refractivity contribution in [3.05, 3.63) is 54.1 Å². The molecule has 172 valence electrons. The van der Waals surface area contributed by atoms with Crippen LogP contribution in [0, 0.1) is 0 Å². The number of anilines is 1. The normalized spacial score (nSPS) is 11.7. The molecule has 2 N–H and O–H groups in total. The Morgan fingerprint density at radius 2 is 1.81 bits per heavy atom. The van der Waals surface area contributed by atoms with Crippen molar-refractivity contribution in [2.24, 2.45) is 4.99 Å². The smallest absolute Gasteiger partial charge is 0.242 e. The summed E-state index contributed by atoms with van der Waals surface area (Å²) in [6, 6.07) is 14.4. The third kappa shape index (κ3) is 8.63. The van der Waals surface area contributed by atoms with E-state index in [1.807, 2.05) is 24.3 Å². The van der Waals surface area contributed by atoms with Gasteiger partial charge in [-0.05, 0) is 29.8 Å². The first-order valence-corrected chi connectivity index (χ1v) is 11.0. The second-order valence-electron chi connectivity index (χ2n) is 6.70. The number of rotatable bonds is 10. The molecule has 0 fully saturated rings. The molecule has 31 heavy (non-hydrogen) atoms. The van der Waals surface area contributed by atoms with E-state index >= 15 is 0 Å². The molecule has 0 aliphatic rings. The van der Waals surface area contributed by atoms with E-state index in [9.17, 15) is 8.42 Å². The van der Waals surface area contributed by atoms with Crippen LogP contribution in [0.1, 0.15) is 12.0 Å². The van der Waals surface area contributed by atoms with E-state index in [1.165, 1.54) is 18.4 Å². The zero-order valence-electron chi connectivity index (χ0n) is 18.3. The Hall–Kier alpha value is -1.89. The number of hydrogen-bond acceptors (Lipinski definition) is 5. The molecule has 0 aliphatic carbocycles. The Kier molecular flexibility index (Phi) is 11.8. The molecule has 0 saturated carbocycles. The molecule has 0 atom stereocenters. The molecular weight excluding hydrogens is 531 g/mol. The number of nitrogens with zero attached hydrogens (tertiary/aromatic N) is 2. The van der Waals surface area contributed by atoms with Crippen molar-refractivity contribution in [3.8, 4) is 5.75 Å². The van der Waals surface area contributed by atoms with Crippen LogP contribution in [-0.4, -0.2) is 60.1 Å². The lowest BCUT2D eigenvalue weighted by Crippen LogP contribution is -2.30. The van der Waals surface area contributed by atoms with Crippen LogP contribution in [0.15, 0.2) is 58.4 Å². The summed E-state index contributed by atoms with van der Waals surface area (Å²) in [5.74, 6) is 1.36. The minimum Gasteiger partial charge on any atom is -0.493 e. The number of nitrogens with one attached hydrogen (secondary N) is 2. The van der Waals surface area contributed by atoms with Crippen LogP contribution in [0.4, 0.5) is 5.69 Å². The number of hydrogen-bond donors (Lipinski definition) is 2. The molecular formula is C21H31IN4O4S. The predicted octanol–water partition coefficient (Wildman–Crippen LogP) is 3.16. The number of guanidine groups is 1. The van der Waals surface area contributed by atoms with Crippen LogP contribution in [0.5, 0.6) is 5.75 Å². The molecule has 0 spiro atoms. The summed E-state index contributed by atoms with van der Waals surface area (Å²) in [5.41, 5.74) is 1.78. The third-order valence-electron chi connectivity index (χ3n) is 4.24. The zero-order chi connectivity index (χ0) is 22.0. The molecule has 10 heteroatoms. The van der Waals surface area contributed by atoms with Gasteiger partial charge < -0.3 is 20.1 Å². The number of benzene rings is 2. The lowest BCUT2D eigenvalue weighted by Gasteiger charge is -2.14. The highest BCUT2D eigenvalue weighted by Crippen LogP contribution is 2.18. The quantitative estimate of drug-likeness (QED) is 0.200. The van der Waals surface area contributed by atoms with Gasteiger partial charge in [0.25, 0.3) is 0 Å². The molecule has 0 unspecified atom stereocenters. The maximum Gasteiger partial charge on any atom is 0.242 e. The van der Waals surface area contributed by atoms with Gasteiger partial charge in [-0.15, -0.1) is 24.0 Å². The van der Waals surface area contributed by atoms with Crippen LogP contribution in [0.3, 0.4) is 0 Å². The Morgan fingerprint density at radius 1 is 1.10 bits per heavy atom. The minimum absolute atomic E-state index is 0. The van der Waals surface area contributed by atoms with E-state index in [2.05, 4.69) is 15.6 Å². The van der Waals surface area contributed by atoms with Gasteiger partial charge >= 0.3 is 0 Å². The summed E-state index contributed by atoms with van der Waals surface area (Å²) in [6.45, 7) is 1.75. The van der Waals surface area contributed by atoms with Crippen LogP contribution in [0.25, 0.3) is 0 Å². The minimum atomic E-state index is -3.43. The first kappa shape index (κ1) is 27.1. The van der Waals surface area contributed by atoms with Crippen molar-refractivity contribution in [3.63, 3.8) is 0 Å².